The number of hydrogen-bond donors (Lipinski definition) is 0. The van der Waals surface area contributed by atoms with Gasteiger partial charge in [0.05, 0.1) is 0 Å². The van der Waals surface area contributed by atoms with Gasteiger partial charge in [-0.2, -0.15) is 0 Å². The molecule has 1 aromatic rings. The highest BCUT2D eigenvalue weighted by Crippen LogP contribution is 2.26. The molecule has 0 fully saturated rings. The van der Waals surface area contributed by atoms with Crippen LogP contribution in [0, 0.1) is 36.1 Å². The number of hydrogen-bond acceptors (Lipinski definition) is 0. The summed E-state index contributed by atoms with van der Waals surface area (Å²) >= 11 is 0. The predicted octanol–water partition coefficient (Wildman–Crippen LogP) is 4.70. The maximum Gasteiger partial charge on any atom is 0.197 e. The summed E-state index contributed by atoms with van der Waals surface area (Å²) < 4.78 is 53.0. The molecule has 0 N–H and O–H groups in total. The summed E-state index contributed by atoms with van der Waals surface area (Å²) in [4.78, 5) is 0. The van der Waals surface area contributed by atoms with Crippen LogP contribution in [-0.2, 0) is 6.42 Å². The minimum atomic E-state index is -1.76. The number of allylic oxidation sites excluding steroid dienone is 1. The molecule has 0 amide bonds. The maximum atomic E-state index is 13.6. The van der Waals surface area contributed by atoms with Crippen LogP contribution in [0.4, 0.5) is 17.6 Å². The largest absolute Gasteiger partial charge is 0.203 e. The third-order valence-corrected chi connectivity index (χ3v) is 2.75. The summed E-state index contributed by atoms with van der Waals surface area (Å²) in [5.74, 6) is -5.86. The van der Waals surface area contributed by atoms with E-state index >= 15 is 0 Å². The summed E-state index contributed by atoms with van der Waals surface area (Å²) in [5.41, 5.74) is 0.311. The molecule has 0 saturated carbocycles. The van der Waals surface area contributed by atoms with Gasteiger partial charge in [-0.25, -0.2) is 17.6 Å². The second-order valence-electron chi connectivity index (χ2n) is 4.88. The predicted molar refractivity (Wildman–Crippen MR) is 63.3 cm³/mol. The highest BCUT2D eigenvalue weighted by atomic mass is 19.2. The highest BCUT2D eigenvalue weighted by Gasteiger charge is 2.23. The second-order valence-corrected chi connectivity index (χ2v) is 4.88. The molecule has 0 aromatic heterocycles. The van der Waals surface area contributed by atoms with E-state index in [0.29, 0.717) is 17.9 Å². The van der Waals surface area contributed by atoms with Crippen LogP contribution in [0.5, 0.6) is 0 Å². The Balaban J connectivity index is 3.14. The Morgan fingerprint density at radius 3 is 2.00 bits per heavy atom. The lowest BCUT2D eigenvalue weighted by molar-refractivity contribution is 0.401. The molecule has 0 bridgehead atoms. The fourth-order valence-corrected chi connectivity index (χ4v) is 1.90. The molecule has 0 atom stereocenters. The van der Waals surface area contributed by atoms with E-state index in [1.807, 2.05) is 13.8 Å². The summed E-state index contributed by atoms with van der Waals surface area (Å²) in [5, 5.41) is 0. The van der Waals surface area contributed by atoms with Gasteiger partial charge in [0.1, 0.15) is 0 Å². The van der Waals surface area contributed by atoms with Crippen molar-refractivity contribution in [2.24, 2.45) is 5.92 Å². The van der Waals surface area contributed by atoms with Crippen molar-refractivity contribution in [1.29, 1.82) is 0 Å². The van der Waals surface area contributed by atoms with Gasteiger partial charge in [-0.15, -0.1) is 0 Å². The molecule has 1 rings (SSSR count). The number of halogens is 4. The first kappa shape index (κ1) is 14.7. The van der Waals surface area contributed by atoms with Crippen LogP contribution in [0.15, 0.2) is 12.2 Å². The molecular weight excluding hydrogens is 244 g/mol. The minimum Gasteiger partial charge on any atom is -0.203 e. The monoisotopic (exact) mass is 260 g/mol. The van der Waals surface area contributed by atoms with Gasteiger partial charge < -0.3 is 0 Å². The lowest BCUT2D eigenvalue weighted by Crippen LogP contribution is -2.07. The SMILES string of the molecule is C=C(Cc1c(C)c(F)c(F)c(F)c1F)CC(C)C. The third-order valence-electron chi connectivity index (χ3n) is 2.75. The average Bonchev–Trinajstić information content (AvgIpc) is 2.29. The van der Waals surface area contributed by atoms with Gasteiger partial charge in [-0.05, 0) is 31.2 Å². The van der Waals surface area contributed by atoms with Gasteiger partial charge >= 0.3 is 0 Å². The molecule has 0 unspecified atom stereocenters. The summed E-state index contributed by atoms with van der Waals surface area (Å²) in [7, 11) is 0. The Morgan fingerprint density at radius 1 is 1.00 bits per heavy atom. The first-order valence-corrected chi connectivity index (χ1v) is 5.73. The molecule has 1 aromatic carbocycles. The van der Waals surface area contributed by atoms with Crippen molar-refractivity contribution in [2.45, 2.75) is 33.6 Å². The fourth-order valence-electron chi connectivity index (χ4n) is 1.90. The Bertz CT molecular complexity index is 446. The van der Waals surface area contributed by atoms with Crippen molar-refractivity contribution in [2.75, 3.05) is 0 Å². The first-order chi connectivity index (χ1) is 8.25. The molecule has 0 saturated heterocycles. The normalized spacial score (nSPS) is 11.1. The summed E-state index contributed by atoms with van der Waals surface area (Å²) in [6, 6.07) is 0. The molecule has 0 aliphatic heterocycles. The molecule has 0 heterocycles. The van der Waals surface area contributed by atoms with Gasteiger partial charge in [-0.1, -0.05) is 26.0 Å². The maximum absolute atomic E-state index is 13.6. The van der Waals surface area contributed by atoms with Crippen molar-refractivity contribution in [3.05, 3.63) is 46.5 Å². The molecule has 0 radical (unpaired) electrons. The third kappa shape index (κ3) is 2.92. The molecule has 4 heteroatoms. The van der Waals surface area contributed by atoms with Crippen molar-refractivity contribution < 1.29 is 17.6 Å². The number of rotatable bonds is 4. The van der Waals surface area contributed by atoms with Crippen molar-refractivity contribution in [1.82, 2.24) is 0 Å². The van der Waals surface area contributed by atoms with E-state index in [0.717, 1.165) is 0 Å². The van der Waals surface area contributed by atoms with Crippen LogP contribution < -0.4 is 0 Å². The molecular formula is C14H16F4. The van der Waals surface area contributed by atoms with Gasteiger partial charge in [0, 0.05) is 5.56 Å². The lowest BCUT2D eigenvalue weighted by Gasteiger charge is -2.13. The average molecular weight is 260 g/mol. The zero-order valence-electron chi connectivity index (χ0n) is 10.7. The van der Waals surface area contributed by atoms with Gasteiger partial charge in [0.15, 0.2) is 23.3 Å². The van der Waals surface area contributed by atoms with Crippen LogP contribution in [0.1, 0.15) is 31.4 Å². The van der Waals surface area contributed by atoms with Crippen LogP contribution in [0.25, 0.3) is 0 Å². The van der Waals surface area contributed by atoms with Crippen LogP contribution in [-0.4, -0.2) is 0 Å². The summed E-state index contributed by atoms with van der Waals surface area (Å²) in [6.07, 6.45) is 0.642. The topological polar surface area (TPSA) is 0 Å². The fraction of sp³-hybridized carbons (Fsp3) is 0.429. The van der Waals surface area contributed by atoms with E-state index in [1.54, 1.807) is 0 Å². The van der Waals surface area contributed by atoms with Crippen LogP contribution in [0.2, 0.25) is 0 Å². The molecule has 0 aliphatic rings. The highest BCUT2D eigenvalue weighted by molar-refractivity contribution is 5.34. The Labute approximate surface area is 104 Å². The molecule has 0 spiro atoms. The number of benzene rings is 1. The van der Waals surface area contributed by atoms with Crippen LogP contribution >= 0.6 is 0 Å². The Morgan fingerprint density at radius 2 is 1.50 bits per heavy atom. The van der Waals surface area contributed by atoms with E-state index < -0.39 is 23.3 Å². The smallest absolute Gasteiger partial charge is 0.197 e. The van der Waals surface area contributed by atoms with Crippen molar-refractivity contribution >= 4 is 0 Å². The molecule has 100 valence electrons. The Hall–Kier alpha value is -1.32. The zero-order chi connectivity index (χ0) is 14.0. The van der Waals surface area contributed by atoms with Crippen molar-refractivity contribution in [3.63, 3.8) is 0 Å². The van der Waals surface area contributed by atoms with E-state index in [-0.39, 0.29) is 17.5 Å². The molecule has 18 heavy (non-hydrogen) atoms. The van der Waals surface area contributed by atoms with Gasteiger partial charge in [-0.3, -0.25) is 0 Å². The second kappa shape index (κ2) is 5.55. The summed E-state index contributed by atoms with van der Waals surface area (Å²) in [6.45, 7) is 8.90. The molecule has 0 aliphatic carbocycles. The quantitative estimate of drug-likeness (QED) is 0.319. The first-order valence-electron chi connectivity index (χ1n) is 5.73. The van der Waals surface area contributed by atoms with E-state index in [4.69, 9.17) is 0 Å². The van der Waals surface area contributed by atoms with E-state index in [9.17, 15) is 17.6 Å². The Kier molecular flexibility index (Phi) is 4.54. The standard InChI is InChI=1S/C14H16F4/c1-7(2)5-8(3)6-10-9(4)11(15)13(17)14(18)12(10)16/h7H,3,5-6H2,1-2,4H3. The van der Waals surface area contributed by atoms with Crippen LogP contribution in [0.3, 0.4) is 0 Å². The van der Waals surface area contributed by atoms with E-state index in [2.05, 4.69) is 6.58 Å². The molecule has 0 nitrogen and oxygen atoms in total. The lowest BCUT2D eigenvalue weighted by atomic mass is 9.95. The van der Waals surface area contributed by atoms with E-state index in [1.165, 1.54) is 6.92 Å². The van der Waals surface area contributed by atoms with Crippen molar-refractivity contribution in [3.8, 4) is 0 Å². The minimum absolute atomic E-state index is 0.0178. The van der Waals surface area contributed by atoms with Gasteiger partial charge in [0.25, 0.3) is 0 Å². The van der Waals surface area contributed by atoms with Gasteiger partial charge in [0.2, 0.25) is 0 Å². The zero-order valence-corrected chi connectivity index (χ0v) is 10.7.